The van der Waals surface area contributed by atoms with Crippen molar-refractivity contribution < 1.29 is 13.9 Å². The van der Waals surface area contributed by atoms with E-state index in [1.165, 1.54) is 12.3 Å². The number of benzene rings is 1. The quantitative estimate of drug-likeness (QED) is 0.800. The third-order valence-corrected chi connectivity index (χ3v) is 4.22. The number of alkyl halides is 4. The number of nitrogens with one attached hydrogen (secondary N) is 1. The highest BCUT2D eigenvalue weighted by Crippen LogP contribution is 2.50. The predicted octanol–water partition coefficient (Wildman–Crippen LogP) is 3.94. The van der Waals surface area contributed by atoms with E-state index in [0.717, 1.165) is 0 Å². The van der Waals surface area contributed by atoms with Gasteiger partial charge < -0.3 is 14.8 Å². The maximum Gasteiger partial charge on any atom is 0.229 e. The smallest absolute Gasteiger partial charge is 0.229 e. The van der Waals surface area contributed by atoms with E-state index in [4.69, 9.17) is 39.2 Å². The molecule has 0 aliphatic heterocycles. The average Bonchev–Trinajstić information content (AvgIpc) is 2.89. The van der Waals surface area contributed by atoms with E-state index in [1.54, 1.807) is 25.1 Å². The molecule has 2 atom stereocenters. The van der Waals surface area contributed by atoms with Crippen molar-refractivity contribution in [2.24, 2.45) is 0 Å². The van der Waals surface area contributed by atoms with E-state index in [1.807, 2.05) is 0 Å². The summed E-state index contributed by atoms with van der Waals surface area (Å²) in [6.07, 6.45) is 1.50. The minimum absolute atomic E-state index is 0.163. The van der Waals surface area contributed by atoms with Crippen LogP contribution in [0.5, 0.6) is 0 Å². The zero-order valence-electron chi connectivity index (χ0n) is 11.2. The van der Waals surface area contributed by atoms with E-state index in [-0.39, 0.29) is 5.56 Å². The van der Waals surface area contributed by atoms with Crippen LogP contribution >= 0.6 is 34.8 Å². The summed E-state index contributed by atoms with van der Waals surface area (Å²) < 4.78 is 18.6. The molecule has 1 heterocycles. The number of rotatable bonds is 5. The van der Waals surface area contributed by atoms with E-state index >= 15 is 4.39 Å². The molecular formula is C14H15Cl3FNO2. The molecule has 21 heavy (non-hydrogen) atoms. The Morgan fingerprint density at radius 1 is 1.33 bits per heavy atom. The van der Waals surface area contributed by atoms with Crippen molar-refractivity contribution in [3.8, 4) is 0 Å². The number of aliphatic hydroxyl groups is 1. The van der Waals surface area contributed by atoms with Crippen molar-refractivity contribution in [2.75, 3.05) is 13.2 Å². The van der Waals surface area contributed by atoms with Crippen LogP contribution in [0.2, 0.25) is 0 Å². The fourth-order valence-corrected chi connectivity index (χ4v) is 3.06. The van der Waals surface area contributed by atoms with Crippen LogP contribution in [0.25, 0.3) is 11.0 Å². The van der Waals surface area contributed by atoms with Gasteiger partial charge in [0.15, 0.2) is 5.67 Å². The Kier molecular flexibility index (Phi) is 5.06. The molecule has 116 valence electrons. The molecule has 0 amide bonds. The molecule has 1 aromatic carbocycles. The summed E-state index contributed by atoms with van der Waals surface area (Å²) in [6.45, 7) is 1.69. The molecule has 0 spiro atoms. The van der Waals surface area contributed by atoms with Crippen LogP contribution in [-0.2, 0) is 5.67 Å². The maximum atomic E-state index is 15.7. The molecule has 0 aliphatic carbocycles. The van der Waals surface area contributed by atoms with Crippen molar-refractivity contribution in [1.29, 1.82) is 0 Å². The normalized spacial score (nSPS) is 16.9. The van der Waals surface area contributed by atoms with E-state index in [9.17, 15) is 5.11 Å². The standard InChI is InChI=1S/C14H15Cl3FNO2/c1-2-19-12(8-20)13(18,14(15,16)17)10-3-4-11-9(7-10)5-6-21-11/h3-7,12,19-20H,2,8H2,1H3. The van der Waals surface area contributed by atoms with Gasteiger partial charge in [-0.2, -0.15) is 0 Å². The van der Waals surface area contributed by atoms with Crippen LogP contribution in [0.4, 0.5) is 4.39 Å². The second-order valence-corrected chi connectivity index (χ2v) is 6.96. The number of aliphatic hydroxyl groups excluding tert-OH is 1. The molecule has 0 saturated carbocycles. The van der Waals surface area contributed by atoms with Gasteiger partial charge in [-0.15, -0.1) is 0 Å². The highest BCUT2D eigenvalue weighted by molar-refractivity contribution is 6.68. The van der Waals surface area contributed by atoms with Gasteiger partial charge in [0, 0.05) is 5.39 Å². The average molecular weight is 355 g/mol. The van der Waals surface area contributed by atoms with Crippen molar-refractivity contribution >= 4 is 45.8 Å². The fourth-order valence-electron chi connectivity index (χ4n) is 2.33. The number of halogens is 4. The van der Waals surface area contributed by atoms with Gasteiger partial charge in [-0.1, -0.05) is 47.8 Å². The summed E-state index contributed by atoms with van der Waals surface area (Å²) in [4.78, 5) is 0. The second-order valence-electron chi connectivity index (χ2n) is 4.68. The third-order valence-electron chi connectivity index (χ3n) is 3.40. The molecule has 2 unspecified atom stereocenters. The number of fused-ring (bicyclic) bond motifs is 1. The molecule has 0 bridgehead atoms. The first-order valence-corrected chi connectivity index (χ1v) is 7.55. The Bertz CT molecular complexity index is 614. The lowest BCUT2D eigenvalue weighted by atomic mass is 9.88. The lowest BCUT2D eigenvalue weighted by Gasteiger charge is -2.38. The van der Waals surface area contributed by atoms with Gasteiger partial charge in [0.1, 0.15) is 5.58 Å². The molecular weight excluding hydrogens is 340 g/mol. The predicted molar refractivity (Wildman–Crippen MR) is 83.8 cm³/mol. The molecule has 2 N–H and O–H groups in total. The lowest BCUT2D eigenvalue weighted by molar-refractivity contribution is 0.0679. The molecule has 7 heteroatoms. The van der Waals surface area contributed by atoms with Gasteiger partial charge in [-0.3, -0.25) is 0 Å². The summed E-state index contributed by atoms with van der Waals surface area (Å²) in [6, 6.07) is 5.29. The summed E-state index contributed by atoms with van der Waals surface area (Å²) in [5.74, 6) is 0. The number of hydrogen-bond acceptors (Lipinski definition) is 3. The van der Waals surface area contributed by atoms with E-state index in [0.29, 0.717) is 17.5 Å². The topological polar surface area (TPSA) is 45.4 Å². The minimum atomic E-state index is -2.39. The SMILES string of the molecule is CCNC(CO)C(F)(c1ccc2occc2c1)C(Cl)(Cl)Cl. The Hall–Kier alpha value is -0.520. The zero-order valence-corrected chi connectivity index (χ0v) is 13.5. The summed E-state index contributed by atoms with van der Waals surface area (Å²) in [7, 11) is 0. The molecule has 0 aliphatic rings. The molecule has 0 saturated heterocycles. The van der Waals surface area contributed by atoms with Gasteiger partial charge in [-0.25, -0.2) is 4.39 Å². The van der Waals surface area contributed by atoms with E-state index in [2.05, 4.69) is 5.32 Å². The Labute approximate surface area is 137 Å². The van der Waals surface area contributed by atoms with Crippen molar-refractivity contribution in [3.05, 3.63) is 36.1 Å². The van der Waals surface area contributed by atoms with Crippen LogP contribution in [0.1, 0.15) is 12.5 Å². The van der Waals surface area contributed by atoms with Crippen molar-refractivity contribution in [3.63, 3.8) is 0 Å². The highest BCUT2D eigenvalue weighted by atomic mass is 35.6. The van der Waals surface area contributed by atoms with E-state index < -0.39 is 22.1 Å². The first-order chi connectivity index (χ1) is 9.84. The van der Waals surface area contributed by atoms with Gasteiger partial charge in [0.25, 0.3) is 0 Å². The lowest BCUT2D eigenvalue weighted by Crippen LogP contribution is -2.55. The first kappa shape index (κ1) is 16.8. The number of furan rings is 1. The van der Waals surface area contributed by atoms with Crippen LogP contribution in [0, 0.1) is 0 Å². The Balaban J connectivity index is 2.57. The Morgan fingerprint density at radius 2 is 2.05 bits per heavy atom. The largest absolute Gasteiger partial charge is 0.464 e. The molecule has 0 radical (unpaired) electrons. The number of hydrogen-bond donors (Lipinski definition) is 2. The van der Waals surface area contributed by atoms with Crippen LogP contribution in [0.3, 0.4) is 0 Å². The first-order valence-electron chi connectivity index (χ1n) is 6.42. The van der Waals surface area contributed by atoms with Gasteiger partial charge in [0.2, 0.25) is 3.79 Å². The van der Waals surface area contributed by atoms with Gasteiger partial charge in [-0.05, 0) is 30.3 Å². The molecule has 0 fully saturated rings. The molecule has 2 aromatic rings. The third kappa shape index (κ3) is 3.01. The van der Waals surface area contributed by atoms with Crippen LogP contribution in [-0.4, -0.2) is 28.1 Å². The molecule has 1 aromatic heterocycles. The van der Waals surface area contributed by atoms with Crippen LogP contribution < -0.4 is 5.32 Å². The van der Waals surface area contributed by atoms with Crippen LogP contribution in [0.15, 0.2) is 34.9 Å². The Morgan fingerprint density at radius 3 is 2.62 bits per heavy atom. The minimum Gasteiger partial charge on any atom is -0.464 e. The maximum absolute atomic E-state index is 15.7. The van der Waals surface area contributed by atoms with Crippen molar-refractivity contribution in [2.45, 2.75) is 22.4 Å². The molecule has 3 nitrogen and oxygen atoms in total. The monoisotopic (exact) mass is 353 g/mol. The fraction of sp³-hybridized carbons (Fsp3) is 0.429. The van der Waals surface area contributed by atoms with Gasteiger partial charge in [0.05, 0.1) is 18.9 Å². The van der Waals surface area contributed by atoms with Crippen molar-refractivity contribution in [1.82, 2.24) is 5.32 Å². The summed E-state index contributed by atoms with van der Waals surface area (Å²) in [5.41, 5.74) is -1.63. The summed E-state index contributed by atoms with van der Waals surface area (Å²) in [5, 5.41) is 13.0. The highest BCUT2D eigenvalue weighted by Gasteiger charge is 2.56. The second kappa shape index (κ2) is 6.31. The number of likely N-dealkylation sites (N-methyl/N-ethyl adjacent to an activating group) is 1. The van der Waals surface area contributed by atoms with Gasteiger partial charge >= 0.3 is 0 Å². The molecule has 2 rings (SSSR count). The summed E-state index contributed by atoms with van der Waals surface area (Å²) >= 11 is 17.7. The zero-order chi connectivity index (χ0) is 15.7.